The van der Waals surface area contributed by atoms with Crippen LogP contribution in [-0.4, -0.2) is 11.5 Å². The van der Waals surface area contributed by atoms with E-state index in [-0.39, 0.29) is 0 Å². The number of thiazole rings is 1. The number of aryl methyl sites for hydroxylation is 1. The summed E-state index contributed by atoms with van der Waals surface area (Å²) in [5.41, 5.74) is 3.71. The molecule has 1 aromatic carbocycles. The van der Waals surface area contributed by atoms with E-state index < -0.39 is 0 Å². The summed E-state index contributed by atoms with van der Waals surface area (Å²) in [4.78, 5) is 4.71. The lowest BCUT2D eigenvalue weighted by molar-refractivity contribution is 0.637. The molecule has 1 fully saturated rings. The third-order valence-corrected chi connectivity index (χ3v) is 4.46. The fourth-order valence-corrected chi connectivity index (χ4v) is 2.91. The highest BCUT2D eigenvalue weighted by atomic mass is 32.1. The number of hydrogen-bond acceptors (Lipinski definition) is 3. The van der Waals surface area contributed by atoms with Crippen molar-refractivity contribution in [2.75, 3.05) is 6.54 Å². The Morgan fingerprint density at radius 3 is 2.74 bits per heavy atom. The number of hydrogen-bond donors (Lipinski definition) is 1. The van der Waals surface area contributed by atoms with Gasteiger partial charge in [0.15, 0.2) is 0 Å². The number of nitrogens with zero attached hydrogens (tertiary/aromatic N) is 1. The number of aromatic nitrogens is 1. The van der Waals surface area contributed by atoms with Crippen LogP contribution in [-0.2, 0) is 13.0 Å². The summed E-state index contributed by atoms with van der Waals surface area (Å²) in [7, 11) is 0. The molecule has 0 saturated heterocycles. The average molecular weight is 272 g/mol. The van der Waals surface area contributed by atoms with Crippen LogP contribution in [0.4, 0.5) is 0 Å². The normalized spacial score (nSPS) is 14.8. The summed E-state index contributed by atoms with van der Waals surface area (Å²) in [6.07, 6.45) is 3.90. The van der Waals surface area contributed by atoms with Gasteiger partial charge in [-0.25, -0.2) is 4.98 Å². The first-order valence-corrected chi connectivity index (χ1v) is 7.97. The maximum absolute atomic E-state index is 4.71. The van der Waals surface area contributed by atoms with Gasteiger partial charge in [-0.15, -0.1) is 11.3 Å². The predicted molar refractivity (Wildman–Crippen MR) is 81.4 cm³/mol. The van der Waals surface area contributed by atoms with Gasteiger partial charge in [0.2, 0.25) is 0 Å². The van der Waals surface area contributed by atoms with E-state index in [1.165, 1.54) is 29.0 Å². The molecule has 100 valence electrons. The minimum Gasteiger partial charge on any atom is -0.310 e. The Kier molecular flexibility index (Phi) is 3.95. The highest BCUT2D eigenvalue weighted by molar-refractivity contribution is 7.09. The largest absolute Gasteiger partial charge is 0.310 e. The highest BCUT2D eigenvalue weighted by Crippen LogP contribution is 2.28. The Morgan fingerprint density at radius 2 is 2.05 bits per heavy atom. The zero-order valence-corrected chi connectivity index (χ0v) is 12.2. The van der Waals surface area contributed by atoms with Gasteiger partial charge in [0.05, 0.1) is 5.69 Å². The van der Waals surface area contributed by atoms with Crippen LogP contribution in [0.15, 0.2) is 29.6 Å². The lowest BCUT2D eigenvalue weighted by atomic mass is 10.1. The topological polar surface area (TPSA) is 24.9 Å². The molecule has 1 aliphatic rings. The molecule has 0 bridgehead atoms. The first-order chi connectivity index (χ1) is 9.35. The van der Waals surface area contributed by atoms with Gasteiger partial charge in [0.25, 0.3) is 0 Å². The van der Waals surface area contributed by atoms with Crippen molar-refractivity contribution in [1.29, 1.82) is 0 Å². The summed E-state index contributed by atoms with van der Waals surface area (Å²) in [6.45, 7) is 4.25. The predicted octanol–water partition coefficient (Wildman–Crippen LogP) is 3.87. The Morgan fingerprint density at radius 1 is 1.26 bits per heavy atom. The highest BCUT2D eigenvalue weighted by Gasteiger charge is 2.20. The third-order valence-electron chi connectivity index (χ3n) is 3.62. The van der Waals surface area contributed by atoms with E-state index in [9.17, 15) is 0 Å². The number of nitrogens with one attached hydrogen (secondary N) is 1. The molecule has 0 aliphatic heterocycles. The Labute approximate surface area is 118 Å². The van der Waals surface area contributed by atoms with Crippen LogP contribution < -0.4 is 5.32 Å². The molecule has 0 unspecified atom stereocenters. The summed E-state index contributed by atoms with van der Waals surface area (Å²) >= 11 is 1.75. The van der Waals surface area contributed by atoms with Gasteiger partial charge in [-0.2, -0.15) is 0 Å². The van der Waals surface area contributed by atoms with Gasteiger partial charge in [-0.1, -0.05) is 31.2 Å². The second kappa shape index (κ2) is 5.85. The van der Waals surface area contributed by atoms with E-state index in [2.05, 4.69) is 41.9 Å². The first kappa shape index (κ1) is 12.8. The summed E-state index contributed by atoms with van der Waals surface area (Å²) in [5, 5.41) is 6.85. The molecule has 0 atom stereocenters. The average Bonchev–Trinajstić information content (AvgIpc) is 3.15. The van der Waals surface area contributed by atoms with E-state index in [0.29, 0.717) is 0 Å². The SMILES string of the molecule is CCc1ccc(-c2csc(CNCC3CC3)n2)cc1. The summed E-state index contributed by atoms with van der Waals surface area (Å²) in [6, 6.07) is 8.74. The van der Waals surface area contributed by atoms with Crippen molar-refractivity contribution in [2.24, 2.45) is 5.92 Å². The molecular weight excluding hydrogens is 252 g/mol. The first-order valence-electron chi connectivity index (χ1n) is 7.09. The fourth-order valence-electron chi connectivity index (χ4n) is 2.14. The van der Waals surface area contributed by atoms with E-state index in [0.717, 1.165) is 31.1 Å². The minimum atomic E-state index is 0.911. The van der Waals surface area contributed by atoms with Crippen molar-refractivity contribution in [1.82, 2.24) is 10.3 Å². The van der Waals surface area contributed by atoms with Gasteiger partial charge < -0.3 is 5.32 Å². The fraction of sp³-hybridized carbons (Fsp3) is 0.438. The Hall–Kier alpha value is -1.19. The number of rotatable bonds is 6. The molecule has 1 heterocycles. The molecule has 0 amide bonds. The summed E-state index contributed by atoms with van der Waals surface area (Å²) < 4.78 is 0. The molecule has 3 rings (SSSR count). The van der Waals surface area contributed by atoms with Crippen LogP contribution >= 0.6 is 11.3 Å². The third kappa shape index (κ3) is 3.43. The van der Waals surface area contributed by atoms with E-state index in [4.69, 9.17) is 4.98 Å². The molecule has 2 aromatic rings. The molecule has 1 saturated carbocycles. The van der Waals surface area contributed by atoms with Gasteiger partial charge in [-0.05, 0) is 37.3 Å². The van der Waals surface area contributed by atoms with E-state index in [1.807, 2.05) is 0 Å². The second-order valence-corrected chi connectivity index (χ2v) is 6.19. The molecule has 1 aliphatic carbocycles. The van der Waals surface area contributed by atoms with Gasteiger partial charge in [0.1, 0.15) is 5.01 Å². The van der Waals surface area contributed by atoms with Crippen molar-refractivity contribution in [3.05, 3.63) is 40.2 Å². The maximum atomic E-state index is 4.71. The zero-order valence-electron chi connectivity index (χ0n) is 11.4. The van der Waals surface area contributed by atoms with Crippen LogP contribution in [0.1, 0.15) is 30.3 Å². The molecule has 19 heavy (non-hydrogen) atoms. The second-order valence-electron chi connectivity index (χ2n) is 5.25. The van der Waals surface area contributed by atoms with Crippen LogP contribution in [0, 0.1) is 5.92 Å². The molecule has 0 radical (unpaired) electrons. The zero-order chi connectivity index (χ0) is 13.1. The van der Waals surface area contributed by atoms with Crippen molar-refractivity contribution in [2.45, 2.75) is 32.7 Å². The lowest BCUT2D eigenvalue weighted by Gasteiger charge is -2.00. The number of benzene rings is 1. The van der Waals surface area contributed by atoms with Gasteiger partial charge in [0, 0.05) is 17.5 Å². The van der Waals surface area contributed by atoms with E-state index in [1.54, 1.807) is 11.3 Å². The van der Waals surface area contributed by atoms with Gasteiger partial charge in [-0.3, -0.25) is 0 Å². The van der Waals surface area contributed by atoms with E-state index >= 15 is 0 Å². The van der Waals surface area contributed by atoms with Crippen molar-refractivity contribution in [3.63, 3.8) is 0 Å². The molecule has 1 N–H and O–H groups in total. The van der Waals surface area contributed by atoms with Crippen LogP contribution in [0.25, 0.3) is 11.3 Å². The smallest absolute Gasteiger partial charge is 0.107 e. The van der Waals surface area contributed by atoms with Crippen LogP contribution in [0.2, 0.25) is 0 Å². The molecular formula is C16H20N2S. The van der Waals surface area contributed by atoms with Gasteiger partial charge >= 0.3 is 0 Å². The Bertz CT molecular complexity index is 526. The molecule has 3 heteroatoms. The molecule has 0 spiro atoms. The monoisotopic (exact) mass is 272 g/mol. The van der Waals surface area contributed by atoms with Crippen molar-refractivity contribution in [3.8, 4) is 11.3 Å². The molecule has 1 aromatic heterocycles. The van der Waals surface area contributed by atoms with Crippen LogP contribution in [0.3, 0.4) is 0 Å². The quantitative estimate of drug-likeness (QED) is 0.863. The standard InChI is InChI=1S/C16H20N2S/c1-2-12-5-7-14(8-6-12)15-11-19-16(18-15)10-17-9-13-3-4-13/h5-8,11,13,17H,2-4,9-10H2,1H3. The summed E-state index contributed by atoms with van der Waals surface area (Å²) in [5.74, 6) is 0.932. The lowest BCUT2D eigenvalue weighted by Crippen LogP contribution is -2.15. The molecule has 2 nitrogen and oxygen atoms in total. The maximum Gasteiger partial charge on any atom is 0.107 e. The van der Waals surface area contributed by atoms with Crippen molar-refractivity contribution >= 4 is 11.3 Å². The Balaban J connectivity index is 1.61. The minimum absolute atomic E-state index is 0.911. The van der Waals surface area contributed by atoms with Crippen LogP contribution in [0.5, 0.6) is 0 Å². The van der Waals surface area contributed by atoms with Crippen molar-refractivity contribution < 1.29 is 0 Å².